The summed E-state index contributed by atoms with van der Waals surface area (Å²) < 4.78 is 0.967. The Morgan fingerprint density at radius 2 is 1.57 bits per heavy atom. The third-order valence-corrected chi connectivity index (χ3v) is 7.28. The fourth-order valence-electron chi connectivity index (χ4n) is 4.99. The summed E-state index contributed by atoms with van der Waals surface area (Å²) >= 11 is 10.4. The first-order chi connectivity index (χ1) is 16.8. The highest BCUT2D eigenvalue weighted by Gasteiger charge is 2.42. The van der Waals surface area contributed by atoms with Crippen LogP contribution in [0.3, 0.4) is 0 Å². The number of hydrogen-bond donors (Lipinski definition) is 1. The van der Waals surface area contributed by atoms with Gasteiger partial charge in [-0.2, -0.15) is 0 Å². The minimum atomic E-state index is -1.28. The Balaban J connectivity index is 1.79. The minimum absolute atomic E-state index is 0.395. The van der Waals surface area contributed by atoms with E-state index in [1.165, 1.54) is 0 Å². The highest BCUT2D eigenvalue weighted by molar-refractivity contribution is 9.10. The lowest BCUT2D eigenvalue weighted by Crippen LogP contribution is -2.43. The van der Waals surface area contributed by atoms with Crippen molar-refractivity contribution in [3.05, 3.63) is 123 Å². The first-order valence-corrected chi connectivity index (χ1v) is 12.7. The molecule has 1 aromatic heterocycles. The molecule has 0 aliphatic carbocycles. The van der Waals surface area contributed by atoms with Crippen LogP contribution in [0.4, 0.5) is 0 Å². The van der Waals surface area contributed by atoms with Crippen molar-refractivity contribution in [1.82, 2.24) is 9.88 Å². The van der Waals surface area contributed by atoms with E-state index in [2.05, 4.69) is 46.3 Å². The number of nitrogens with zero attached hydrogens (tertiary/aromatic N) is 2. The lowest BCUT2D eigenvalue weighted by Gasteiger charge is -2.40. The van der Waals surface area contributed by atoms with Crippen LogP contribution in [-0.2, 0) is 5.60 Å². The van der Waals surface area contributed by atoms with E-state index in [4.69, 9.17) is 16.6 Å². The number of pyridine rings is 1. The lowest BCUT2D eigenvalue weighted by atomic mass is 9.73. The number of hydrogen-bond acceptors (Lipinski definition) is 3. The summed E-state index contributed by atoms with van der Waals surface area (Å²) in [6.07, 6.45) is 0. The number of fused-ring (bicyclic) bond motifs is 2. The molecule has 5 aromatic rings. The number of benzene rings is 4. The predicted octanol–water partition coefficient (Wildman–Crippen LogP) is 7.39. The zero-order valence-corrected chi connectivity index (χ0v) is 22.0. The zero-order chi connectivity index (χ0) is 24.6. The maximum absolute atomic E-state index is 12.7. The smallest absolute Gasteiger partial charge is 0.133 e. The molecule has 176 valence electrons. The van der Waals surface area contributed by atoms with Gasteiger partial charge in [0.15, 0.2) is 0 Å². The minimum Gasteiger partial charge on any atom is -0.383 e. The van der Waals surface area contributed by atoms with Crippen molar-refractivity contribution in [2.45, 2.75) is 11.5 Å². The largest absolute Gasteiger partial charge is 0.383 e. The van der Waals surface area contributed by atoms with Crippen LogP contribution < -0.4 is 0 Å². The van der Waals surface area contributed by atoms with Gasteiger partial charge in [-0.1, -0.05) is 94.3 Å². The molecule has 1 heterocycles. The van der Waals surface area contributed by atoms with Crippen LogP contribution in [0.15, 0.2) is 102 Å². The molecule has 0 fully saturated rings. The number of aromatic nitrogens is 1. The average molecular weight is 546 g/mol. The van der Waals surface area contributed by atoms with Crippen molar-refractivity contribution in [3.8, 4) is 0 Å². The third kappa shape index (κ3) is 4.72. The van der Waals surface area contributed by atoms with Gasteiger partial charge < -0.3 is 10.0 Å². The quantitative estimate of drug-likeness (QED) is 0.226. The standard InChI is InChI=1S/C30H26BrClN2O/c1-34(2)19-30(35,24-13-12-20-8-6-7-11-22(20)16-24)28(21-9-4-3-5-10-21)26-18-23-17-25(31)14-15-27(23)33-29(26)32/h3-18,28,35H,19H2,1-2H3/t28-,30+/m1/s1. The molecule has 0 saturated heterocycles. The molecule has 5 rings (SSSR count). The highest BCUT2D eigenvalue weighted by Crippen LogP contribution is 2.45. The molecular weight excluding hydrogens is 520 g/mol. The normalized spacial score (nSPS) is 14.3. The van der Waals surface area contributed by atoms with Crippen molar-refractivity contribution >= 4 is 49.2 Å². The summed E-state index contributed by atoms with van der Waals surface area (Å²) in [5, 5.41) is 16.3. The fraction of sp³-hybridized carbons (Fsp3) is 0.167. The molecule has 2 atom stereocenters. The summed E-state index contributed by atoms with van der Waals surface area (Å²) in [4.78, 5) is 6.74. The molecule has 4 aromatic carbocycles. The molecule has 0 amide bonds. The van der Waals surface area contributed by atoms with Gasteiger partial charge in [0.2, 0.25) is 0 Å². The molecule has 1 N–H and O–H groups in total. The van der Waals surface area contributed by atoms with E-state index in [-0.39, 0.29) is 0 Å². The maximum atomic E-state index is 12.7. The molecule has 0 aliphatic rings. The predicted molar refractivity (Wildman–Crippen MR) is 149 cm³/mol. The summed E-state index contributed by atoms with van der Waals surface area (Å²) in [5.41, 5.74) is 2.14. The van der Waals surface area contributed by atoms with Crippen molar-refractivity contribution in [1.29, 1.82) is 0 Å². The second-order valence-corrected chi connectivity index (χ2v) is 10.5. The Bertz CT molecular complexity index is 1510. The second kappa shape index (κ2) is 9.71. The lowest BCUT2D eigenvalue weighted by molar-refractivity contribution is -0.00410. The average Bonchev–Trinajstić information content (AvgIpc) is 2.84. The second-order valence-electron chi connectivity index (χ2n) is 9.27. The van der Waals surface area contributed by atoms with Crippen LogP contribution in [0.5, 0.6) is 0 Å². The van der Waals surface area contributed by atoms with E-state index < -0.39 is 11.5 Å². The summed E-state index contributed by atoms with van der Waals surface area (Å²) in [6, 6.07) is 32.5. The molecule has 0 saturated carbocycles. The maximum Gasteiger partial charge on any atom is 0.133 e. The van der Waals surface area contributed by atoms with Gasteiger partial charge in [0, 0.05) is 27.9 Å². The van der Waals surface area contributed by atoms with Gasteiger partial charge in [0.25, 0.3) is 0 Å². The SMILES string of the molecule is CN(C)C[C@](O)(c1ccc2ccccc2c1)[C@H](c1ccccc1)c1cc2cc(Br)ccc2nc1Cl. The molecule has 0 radical (unpaired) electrons. The van der Waals surface area contributed by atoms with E-state index in [0.717, 1.165) is 42.8 Å². The van der Waals surface area contributed by atoms with E-state index in [9.17, 15) is 5.11 Å². The summed E-state index contributed by atoms with van der Waals surface area (Å²) in [6.45, 7) is 0.401. The molecule has 0 bridgehead atoms. The van der Waals surface area contributed by atoms with E-state index in [1.807, 2.05) is 85.7 Å². The van der Waals surface area contributed by atoms with E-state index in [1.54, 1.807) is 0 Å². The van der Waals surface area contributed by atoms with Crippen molar-refractivity contribution < 1.29 is 5.11 Å². The Kier molecular flexibility index (Phi) is 6.65. The van der Waals surface area contributed by atoms with Crippen LogP contribution in [0.25, 0.3) is 21.7 Å². The van der Waals surface area contributed by atoms with Gasteiger partial charge in [-0.3, -0.25) is 0 Å². The molecule has 0 aliphatic heterocycles. The summed E-state index contributed by atoms with van der Waals surface area (Å²) in [5.74, 6) is -0.448. The molecule has 3 nitrogen and oxygen atoms in total. The van der Waals surface area contributed by atoms with Crippen LogP contribution in [0, 0.1) is 0 Å². The Morgan fingerprint density at radius 1 is 0.857 bits per heavy atom. The number of halogens is 2. The van der Waals surface area contributed by atoms with Gasteiger partial charge in [0.1, 0.15) is 10.8 Å². The van der Waals surface area contributed by atoms with Gasteiger partial charge in [-0.15, -0.1) is 0 Å². The first kappa shape index (κ1) is 24.0. The van der Waals surface area contributed by atoms with Crippen LogP contribution in [0.1, 0.15) is 22.6 Å². The Hall–Kier alpha value is -2.76. The first-order valence-electron chi connectivity index (χ1n) is 11.5. The van der Waals surface area contributed by atoms with Crippen LogP contribution >= 0.6 is 27.5 Å². The fourth-order valence-corrected chi connectivity index (χ4v) is 5.62. The molecule has 5 heteroatoms. The Morgan fingerprint density at radius 3 is 2.31 bits per heavy atom. The van der Waals surface area contributed by atoms with Crippen LogP contribution in [-0.4, -0.2) is 35.6 Å². The van der Waals surface area contributed by atoms with E-state index >= 15 is 0 Å². The van der Waals surface area contributed by atoms with E-state index in [0.29, 0.717) is 11.7 Å². The zero-order valence-electron chi connectivity index (χ0n) is 19.6. The topological polar surface area (TPSA) is 36.4 Å². The van der Waals surface area contributed by atoms with Gasteiger partial charge in [-0.05, 0) is 66.3 Å². The third-order valence-electron chi connectivity index (χ3n) is 6.49. The van der Waals surface area contributed by atoms with Gasteiger partial charge in [0.05, 0.1) is 5.52 Å². The van der Waals surface area contributed by atoms with Gasteiger partial charge >= 0.3 is 0 Å². The van der Waals surface area contributed by atoms with Gasteiger partial charge in [-0.25, -0.2) is 4.98 Å². The van der Waals surface area contributed by atoms with Crippen molar-refractivity contribution in [2.75, 3.05) is 20.6 Å². The van der Waals surface area contributed by atoms with Crippen molar-refractivity contribution in [2.24, 2.45) is 0 Å². The Labute approximate surface area is 219 Å². The highest BCUT2D eigenvalue weighted by atomic mass is 79.9. The number of likely N-dealkylation sites (N-methyl/N-ethyl adjacent to an activating group) is 1. The number of rotatable bonds is 6. The number of aliphatic hydroxyl groups is 1. The molecule has 35 heavy (non-hydrogen) atoms. The molecule has 0 spiro atoms. The molecule has 0 unspecified atom stereocenters. The molecular formula is C30H26BrClN2O. The van der Waals surface area contributed by atoms with Crippen molar-refractivity contribution in [3.63, 3.8) is 0 Å². The van der Waals surface area contributed by atoms with Crippen LogP contribution in [0.2, 0.25) is 5.15 Å². The monoisotopic (exact) mass is 544 g/mol. The summed E-state index contributed by atoms with van der Waals surface area (Å²) in [7, 11) is 3.96.